The monoisotopic (exact) mass is 160 g/mol. The molecule has 2 heteroatoms. The van der Waals surface area contributed by atoms with Crippen LogP contribution >= 0.6 is 0 Å². The van der Waals surface area contributed by atoms with Crippen LogP contribution in [-0.4, -0.2) is 38.1 Å². The second-order valence-electron chi connectivity index (χ2n) is 2.72. The van der Waals surface area contributed by atoms with Gasteiger partial charge in [0, 0.05) is 12.6 Å². The molecule has 0 aromatic carbocycles. The van der Waals surface area contributed by atoms with Gasteiger partial charge in [-0.05, 0) is 27.6 Å². The molecule has 11 heavy (non-hydrogen) atoms. The second kappa shape index (κ2) is 9.92. The van der Waals surface area contributed by atoms with E-state index in [-0.39, 0.29) is 0 Å². The maximum atomic E-state index is 3.34. The second-order valence-corrected chi connectivity index (χ2v) is 2.72. The van der Waals surface area contributed by atoms with Crippen LogP contribution in [0.25, 0.3) is 0 Å². The van der Waals surface area contributed by atoms with E-state index in [9.17, 15) is 0 Å². The smallest absolute Gasteiger partial charge is 0.0166 e. The number of nitrogens with one attached hydrogen (secondary N) is 1. The third kappa shape index (κ3) is 13.0. The first-order chi connectivity index (χ1) is 5.16. The van der Waals surface area contributed by atoms with Crippen molar-refractivity contribution in [3.63, 3.8) is 0 Å². The zero-order chi connectivity index (χ0) is 9.28. The van der Waals surface area contributed by atoms with E-state index in [2.05, 4.69) is 38.2 Å². The van der Waals surface area contributed by atoms with Crippen molar-refractivity contribution in [2.24, 2.45) is 0 Å². The topological polar surface area (TPSA) is 15.3 Å². The molecule has 0 rings (SSSR count). The van der Waals surface area contributed by atoms with Crippen LogP contribution in [0.3, 0.4) is 0 Å². The Kier molecular flexibility index (Phi) is 12.2. The molecule has 0 aliphatic carbocycles. The number of rotatable bonds is 4. The maximum Gasteiger partial charge on any atom is 0.0166 e. The van der Waals surface area contributed by atoms with Crippen molar-refractivity contribution in [3.05, 3.63) is 0 Å². The van der Waals surface area contributed by atoms with E-state index in [1.165, 1.54) is 0 Å². The molecular formula is C9H24N2. The Labute approximate surface area is 72.0 Å². The molecule has 0 amide bonds. The molecule has 0 saturated carbocycles. The van der Waals surface area contributed by atoms with E-state index >= 15 is 0 Å². The van der Waals surface area contributed by atoms with Gasteiger partial charge in [-0.25, -0.2) is 0 Å². The third-order valence-electron chi connectivity index (χ3n) is 1.19. The lowest BCUT2D eigenvalue weighted by molar-refractivity contribution is 0.353. The van der Waals surface area contributed by atoms with Crippen LogP contribution in [0.5, 0.6) is 0 Å². The fraction of sp³-hybridized carbons (Fsp3) is 1.00. The number of hydrogen-bond acceptors (Lipinski definition) is 2. The van der Waals surface area contributed by atoms with Crippen LogP contribution in [0, 0.1) is 0 Å². The summed E-state index contributed by atoms with van der Waals surface area (Å²) in [5.41, 5.74) is 0. The standard InChI is InChI=1S/C7H18N2.C2H6/c1-5-8-7(2)6-9(3)4;1-2/h7-8H,5-6H2,1-4H3;1-2H3/t7-;/m0./s1. The summed E-state index contributed by atoms with van der Waals surface area (Å²) in [6, 6.07) is 0.616. The maximum absolute atomic E-state index is 3.34. The van der Waals surface area contributed by atoms with Gasteiger partial charge in [0.05, 0.1) is 0 Å². The lowest BCUT2D eigenvalue weighted by Crippen LogP contribution is -2.35. The van der Waals surface area contributed by atoms with Crippen molar-refractivity contribution in [2.45, 2.75) is 33.7 Å². The van der Waals surface area contributed by atoms with Gasteiger partial charge >= 0.3 is 0 Å². The van der Waals surface area contributed by atoms with Gasteiger partial charge in [0.1, 0.15) is 0 Å². The van der Waals surface area contributed by atoms with Gasteiger partial charge in [-0.2, -0.15) is 0 Å². The molecule has 0 spiro atoms. The summed E-state index contributed by atoms with van der Waals surface area (Å²) < 4.78 is 0. The molecule has 0 saturated heterocycles. The minimum atomic E-state index is 0.616. The number of nitrogens with zero attached hydrogens (tertiary/aromatic N) is 1. The van der Waals surface area contributed by atoms with Gasteiger partial charge in [0.25, 0.3) is 0 Å². The Hall–Kier alpha value is -0.0800. The summed E-state index contributed by atoms with van der Waals surface area (Å²) >= 11 is 0. The average molecular weight is 160 g/mol. The highest BCUT2D eigenvalue weighted by atomic mass is 15.1. The van der Waals surface area contributed by atoms with Crippen LogP contribution < -0.4 is 5.32 Å². The summed E-state index contributed by atoms with van der Waals surface area (Å²) in [5.74, 6) is 0. The minimum Gasteiger partial charge on any atom is -0.313 e. The molecule has 0 fully saturated rings. The summed E-state index contributed by atoms with van der Waals surface area (Å²) in [6.07, 6.45) is 0. The Morgan fingerprint density at radius 3 is 2.00 bits per heavy atom. The molecule has 1 atom stereocenters. The van der Waals surface area contributed by atoms with Crippen LogP contribution in [0.2, 0.25) is 0 Å². The summed E-state index contributed by atoms with van der Waals surface area (Å²) in [4.78, 5) is 2.19. The quantitative estimate of drug-likeness (QED) is 0.671. The molecule has 70 valence electrons. The van der Waals surface area contributed by atoms with Crippen LogP contribution in [0.1, 0.15) is 27.7 Å². The first-order valence-electron chi connectivity index (χ1n) is 4.55. The van der Waals surface area contributed by atoms with Crippen molar-refractivity contribution in [3.8, 4) is 0 Å². The lowest BCUT2D eigenvalue weighted by atomic mass is 10.3. The first kappa shape index (κ1) is 13.5. The highest BCUT2D eigenvalue weighted by molar-refractivity contribution is 4.60. The van der Waals surface area contributed by atoms with Crippen molar-refractivity contribution >= 4 is 0 Å². The number of hydrogen-bond donors (Lipinski definition) is 1. The van der Waals surface area contributed by atoms with E-state index in [1.807, 2.05) is 13.8 Å². The van der Waals surface area contributed by atoms with Gasteiger partial charge in [-0.1, -0.05) is 20.8 Å². The van der Waals surface area contributed by atoms with E-state index in [4.69, 9.17) is 0 Å². The van der Waals surface area contributed by atoms with Crippen molar-refractivity contribution in [1.82, 2.24) is 10.2 Å². The van der Waals surface area contributed by atoms with Gasteiger partial charge in [0.2, 0.25) is 0 Å². The molecule has 0 aromatic heterocycles. The van der Waals surface area contributed by atoms with E-state index in [0.29, 0.717) is 6.04 Å². The predicted molar refractivity (Wildman–Crippen MR) is 53.0 cm³/mol. The third-order valence-corrected chi connectivity index (χ3v) is 1.19. The van der Waals surface area contributed by atoms with Crippen LogP contribution in [0.15, 0.2) is 0 Å². The van der Waals surface area contributed by atoms with Crippen molar-refractivity contribution in [1.29, 1.82) is 0 Å². The van der Waals surface area contributed by atoms with Crippen molar-refractivity contribution < 1.29 is 0 Å². The zero-order valence-electron chi connectivity index (χ0n) is 8.94. The molecular weight excluding hydrogens is 136 g/mol. The average Bonchev–Trinajstić information content (AvgIpc) is 1.91. The van der Waals surface area contributed by atoms with Gasteiger partial charge in [-0.3, -0.25) is 0 Å². The number of likely N-dealkylation sites (N-methyl/N-ethyl adjacent to an activating group) is 2. The highest BCUT2D eigenvalue weighted by Crippen LogP contribution is 1.82. The van der Waals surface area contributed by atoms with Gasteiger partial charge in [-0.15, -0.1) is 0 Å². The van der Waals surface area contributed by atoms with E-state index in [1.54, 1.807) is 0 Å². The first-order valence-corrected chi connectivity index (χ1v) is 4.55. The molecule has 0 unspecified atom stereocenters. The molecule has 0 aromatic rings. The van der Waals surface area contributed by atoms with E-state index in [0.717, 1.165) is 13.1 Å². The Morgan fingerprint density at radius 2 is 1.73 bits per heavy atom. The summed E-state index contributed by atoms with van der Waals surface area (Å²) in [6.45, 7) is 10.5. The highest BCUT2D eigenvalue weighted by Gasteiger charge is 1.98. The Balaban J connectivity index is 0. The normalized spacial score (nSPS) is 12.3. The fourth-order valence-electron chi connectivity index (χ4n) is 0.961. The summed E-state index contributed by atoms with van der Waals surface area (Å²) in [7, 11) is 4.18. The molecule has 0 heterocycles. The van der Waals surface area contributed by atoms with E-state index < -0.39 is 0 Å². The minimum absolute atomic E-state index is 0.616. The zero-order valence-corrected chi connectivity index (χ0v) is 8.94. The predicted octanol–water partition coefficient (Wildman–Crippen LogP) is 1.57. The molecule has 2 nitrogen and oxygen atoms in total. The van der Waals surface area contributed by atoms with Gasteiger partial charge < -0.3 is 10.2 Å². The molecule has 0 aliphatic heterocycles. The fourth-order valence-corrected chi connectivity index (χ4v) is 0.961. The van der Waals surface area contributed by atoms with Crippen LogP contribution in [0.4, 0.5) is 0 Å². The van der Waals surface area contributed by atoms with Gasteiger partial charge in [0.15, 0.2) is 0 Å². The molecule has 0 aliphatic rings. The van der Waals surface area contributed by atoms with Crippen LogP contribution in [-0.2, 0) is 0 Å². The molecule has 1 N–H and O–H groups in total. The molecule has 0 radical (unpaired) electrons. The SMILES string of the molecule is CC.CCN[C@@H](C)CN(C)C. The molecule has 0 bridgehead atoms. The lowest BCUT2D eigenvalue weighted by Gasteiger charge is -2.16. The largest absolute Gasteiger partial charge is 0.313 e. The summed E-state index contributed by atoms with van der Waals surface area (Å²) in [5, 5.41) is 3.34. The van der Waals surface area contributed by atoms with Crippen molar-refractivity contribution in [2.75, 3.05) is 27.2 Å². The Bertz CT molecular complexity index is 62.6. The Morgan fingerprint density at radius 1 is 1.27 bits per heavy atom.